The Balaban J connectivity index is 1.50. The van der Waals surface area contributed by atoms with E-state index < -0.39 is 0 Å². The van der Waals surface area contributed by atoms with Crippen molar-refractivity contribution in [3.05, 3.63) is 29.8 Å². The number of benzene rings is 1. The van der Waals surface area contributed by atoms with Crippen molar-refractivity contribution in [1.29, 1.82) is 0 Å². The Morgan fingerprint density at radius 2 is 1.96 bits per heavy atom. The molecule has 6 nitrogen and oxygen atoms in total. The van der Waals surface area contributed by atoms with Gasteiger partial charge >= 0.3 is 0 Å². The molecule has 1 saturated heterocycles. The number of carbonyl (C=O) groups is 1. The van der Waals surface area contributed by atoms with Crippen LogP contribution in [-0.4, -0.2) is 46.5 Å². The number of hydrogen-bond donors (Lipinski definition) is 0. The normalized spacial score (nSPS) is 17.3. The average Bonchev–Trinajstić information content (AvgIpc) is 3.45. The average molecular weight is 372 g/mol. The van der Waals surface area contributed by atoms with E-state index in [1.54, 1.807) is 7.11 Å². The standard InChI is InChI=1S/C19H24N4O2S/c1-25-17-8-4-3-7-15(17)16(24)13-26-19-21-20-18(23(19)14-9-10-14)22-11-5-2-6-12-22/h3-4,7-8,14H,2,5-6,9-13H2,1H3. The minimum Gasteiger partial charge on any atom is -0.496 e. The molecule has 2 aromatic rings. The summed E-state index contributed by atoms with van der Waals surface area (Å²) in [6, 6.07) is 7.86. The van der Waals surface area contributed by atoms with Crippen LogP contribution in [0.3, 0.4) is 0 Å². The molecular formula is C19H24N4O2S. The van der Waals surface area contributed by atoms with Crippen LogP contribution in [0.4, 0.5) is 5.95 Å². The molecule has 0 N–H and O–H groups in total. The first kappa shape index (κ1) is 17.4. The first-order valence-electron chi connectivity index (χ1n) is 9.27. The summed E-state index contributed by atoms with van der Waals surface area (Å²) in [5, 5.41) is 9.74. The molecule has 1 aliphatic heterocycles. The van der Waals surface area contributed by atoms with Gasteiger partial charge in [-0.3, -0.25) is 9.36 Å². The van der Waals surface area contributed by atoms with Gasteiger partial charge < -0.3 is 9.64 Å². The second-order valence-electron chi connectivity index (χ2n) is 6.84. The number of anilines is 1. The molecule has 1 saturated carbocycles. The number of piperidine rings is 1. The van der Waals surface area contributed by atoms with Crippen molar-refractivity contribution in [1.82, 2.24) is 14.8 Å². The number of hydrogen-bond acceptors (Lipinski definition) is 6. The zero-order chi connectivity index (χ0) is 17.9. The zero-order valence-electron chi connectivity index (χ0n) is 15.1. The van der Waals surface area contributed by atoms with E-state index in [0.29, 0.717) is 23.1 Å². The van der Waals surface area contributed by atoms with Crippen molar-refractivity contribution in [2.75, 3.05) is 30.9 Å². The van der Waals surface area contributed by atoms with E-state index in [1.165, 1.54) is 43.9 Å². The van der Waals surface area contributed by atoms with Gasteiger partial charge in [0.15, 0.2) is 10.9 Å². The summed E-state index contributed by atoms with van der Waals surface area (Å²) < 4.78 is 7.56. The lowest BCUT2D eigenvalue weighted by Crippen LogP contribution is -2.31. The summed E-state index contributed by atoms with van der Waals surface area (Å²) in [4.78, 5) is 15.0. The van der Waals surface area contributed by atoms with E-state index in [2.05, 4.69) is 19.7 Å². The molecule has 0 bridgehead atoms. The second-order valence-corrected chi connectivity index (χ2v) is 7.79. The van der Waals surface area contributed by atoms with Crippen LogP contribution in [0, 0.1) is 0 Å². The smallest absolute Gasteiger partial charge is 0.228 e. The minimum absolute atomic E-state index is 0.0531. The van der Waals surface area contributed by atoms with Crippen molar-refractivity contribution < 1.29 is 9.53 Å². The van der Waals surface area contributed by atoms with Gasteiger partial charge in [0.05, 0.1) is 18.4 Å². The fraction of sp³-hybridized carbons (Fsp3) is 0.526. The second kappa shape index (κ2) is 7.70. The molecule has 1 aliphatic carbocycles. The number of para-hydroxylation sites is 1. The van der Waals surface area contributed by atoms with Crippen LogP contribution in [0.2, 0.25) is 0 Å². The molecule has 4 rings (SSSR count). The van der Waals surface area contributed by atoms with Gasteiger partial charge in [-0.15, -0.1) is 10.2 Å². The molecule has 2 heterocycles. The Kier molecular flexibility index (Phi) is 5.15. The Morgan fingerprint density at radius 1 is 1.19 bits per heavy atom. The maximum Gasteiger partial charge on any atom is 0.228 e. The molecule has 26 heavy (non-hydrogen) atoms. The monoisotopic (exact) mass is 372 g/mol. The number of nitrogens with zero attached hydrogens (tertiary/aromatic N) is 4. The summed E-state index contributed by atoms with van der Waals surface area (Å²) >= 11 is 1.48. The zero-order valence-corrected chi connectivity index (χ0v) is 15.9. The number of aromatic nitrogens is 3. The van der Waals surface area contributed by atoms with E-state index in [0.717, 1.165) is 24.2 Å². The Labute approximate surface area is 157 Å². The minimum atomic E-state index is 0.0531. The van der Waals surface area contributed by atoms with Gasteiger partial charge in [0.25, 0.3) is 0 Å². The van der Waals surface area contributed by atoms with E-state index >= 15 is 0 Å². The van der Waals surface area contributed by atoms with E-state index in [4.69, 9.17) is 4.74 Å². The summed E-state index contributed by atoms with van der Waals surface area (Å²) in [7, 11) is 1.59. The molecule has 1 aromatic carbocycles. The van der Waals surface area contributed by atoms with E-state index in [9.17, 15) is 4.79 Å². The Hall–Kier alpha value is -2.02. The summed E-state index contributed by atoms with van der Waals surface area (Å²) in [6.45, 7) is 2.10. The summed E-state index contributed by atoms with van der Waals surface area (Å²) in [5.41, 5.74) is 0.622. The van der Waals surface area contributed by atoms with Gasteiger partial charge in [-0.05, 0) is 44.2 Å². The van der Waals surface area contributed by atoms with Gasteiger partial charge in [0.2, 0.25) is 5.95 Å². The molecule has 0 atom stereocenters. The van der Waals surface area contributed by atoms with Crippen LogP contribution in [-0.2, 0) is 0 Å². The van der Waals surface area contributed by atoms with Crippen LogP contribution in [0.25, 0.3) is 0 Å². The summed E-state index contributed by atoms with van der Waals surface area (Å²) in [5.74, 6) is 2.00. The first-order chi connectivity index (χ1) is 12.8. The number of rotatable bonds is 7. The van der Waals surface area contributed by atoms with Gasteiger partial charge in [-0.1, -0.05) is 23.9 Å². The fourth-order valence-electron chi connectivity index (χ4n) is 3.41. The fourth-order valence-corrected chi connectivity index (χ4v) is 4.30. The lowest BCUT2D eigenvalue weighted by Gasteiger charge is -2.27. The number of ketones is 1. The van der Waals surface area contributed by atoms with Crippen LogP contribution in [0.15, 0.2) is 29.4 Å². The van der Waals surface area contributed by atoms with E-state index in [-0.39, 0.29) is 5.78 Å². The quantitative estimate of drug-likeness (QED) is 0.547. The van der Waals surface area contributed by atoms with Gasteiger partial charge in [-0.2, -0.15) is 0 Å². The predicted molar refractivity (Wildman–Crippen MR) is 102 cm³/mol. The van der Waals surface area contributed by atoms with Gasteiger partial charge in [0.1, 0.15) is 5.75 Å². The van der Waals surface area contributed by atoms with Crippen molar-refractivity contribution >= 4 is 23.5 Å². The topological polar surface area (TPSA) is 60.2 Å². The lowest BCUT2D eigenvalue weighted by atomic mass is 10.1. The van der Waals surface area contributed by atoms with Crippen molar-refractivity contribution in [2.45, 2.75) is 43.3 Å². The third-order valence-electron chi connectivity index (χ3n) is 4.94. The molecule has 7 heteroatoms. The van der Waals surface area contributed by atoms with Gasteiger partial charge in [0, 0.05) is 19.1 Å². The molecule has 0 spiro atoms. The van der Waals surface area contributed by atoms with E-state index in [1.807, 2.05) is 24.3 Å². The molecule has 0 unspecified atom stereocenters. The summed E-state index contributed by atoms with van der Waals surface area (Å²) in [6.07, 6.45) is 6.07. The largest absolute Gasteiger partial charge is 0.496 e. The van der Waals surface area contributed by atoms with Crippen LogP contribution in [0.5, 0.6) is 5.75 Å². The molecule has 2 fully saturated rings. The van der Waals surface area contributed by atoms with Crippen LogP contribution < -0.4 is 9.64 Å². The molecular weight excluding hydrogens is 348 g/mol. The maximum absolute atomic E-state index is 12.6. The molecule has 0 radical (unpaired) electrons. The number of methoxy groups -OCH3 is 1. The number of Topliss-reactive ketones (excluding diaryl/α,β-unsaturated/α-hetero) is 1. The van der Waals surface area contributed by atoms with Crippen molar-refractivity contribution in [2.24, 2.45) is 0 Å². The highest BCUT2D eigenvalue weighted by atomic mass is 32.2. The highest BCUT2D eigenvalue weighted by Gasteiger charge is 2.32. The molecule has 2 aliphatic rings. The number of ether oxygens (including phenoxy) is 1. The highest BCUT2D eigenvalue weighted by Crippen LogP contribution is 2.41. The van der Waals surface area contributed by atoms with Crippen molar-refractivity contribution in [3.63, 3.8) is 0 Å². The maximum atomic E-state index is 12.6. The number of carbonyl (C=O) groups excluding carboxylic acids is 1. The highest BCUT2D eigenvalue weighted by molar-refractivity contribution is 7.99. The predicted octanol–water partition coefficient (Wildman–Crippen LogP) is 3.59. The third-order valence-corrected chi connectivity index (χ3v) is 5.88. The molecule has 0 amide bonds. The Morgan fingerprint density at radius 3 is 2.69 bits per heavy atom. The number of thioether (sulfide) groups is 1. The molecule has 138 valence electrons. The van der Waals surface area contributed by atoms with Crippen LogP contribution in [0.1, 0.15) is 48.5 Å². The first-order valence-corrected chi connectivity index (χ1v) is 10.3. The third kappa shape index (κ3) is 3.58. The SMILES string of the molecule is COc1ccccc1C(=O)CSc1nnc(N2CCCCC2)n1C1CC1. The lowest BCUT2D eigenvalue weighted by molar-refractivity contribution is 0.101. The van der Waals surface area contributed by atoms with Crippen molar-refractivity contribution in [3.8, 4) is 5.75 Å². The van der Waals surface area contributed by atoms with Crippen LogP contribution >= 0.6 is 11.8 Å². The Bertz CT molecular complexity index is 782. The molecule has 1 aromatic heterocycles. The van der Waals surface area contributed by atoms with Gasteiger partial charge in [-0.25, -0.2) is 0 Å².